The Morgan fingerprint density at radius 1 is 1.38 bits per heavy atom. The molecule has 1 N–H and O–H groups in total. The Hall–Kier alpha value is -1.95. The van der Waals surface area contributed by atoms with Crippen LogP contribution in [0.5, 0.6) is 0 Å². The molecular weight excluding hydrogens is 270 g/mol. The van der Waals surface area contributed by atoms with Crippen LogP contribution < -0.4 is 0 Å². The lowest BCUT2D eigenvalue weighted by molar-refractivity contribution is 0.0270. The van der Waals surface area contributed by atoms with Crippen molar-refractivity contribution in [2.75, 3.05) is 13.1 Å². The zero-order chi connectivity index (χ0) is 15.5. The van der Waals surface area contributed by atoms with Crippen molar-refractivity contribution in [2.45, 2.75) is 39.4 Å². The van der Waals surface area contributed by atoms with Crippen molar-refractivity contribution in [3.8, 4) is 0 Å². The molecule has 21 heavy (non-hydrogen) atoms. The molecule has 2 rings (SSSR count). The molecule has 0 atom stereocenters. The van der Waals surface area contributed by atoms with Crippen LogP contribution in [0.3, 0.4) is 0 Å². The van der Waals surface area contributed by atoms with Crippen LogP contribution in [0, 0.1) is 0 Å². The number of nitrogens with zero attached hydrogens (tertiary/aromatic N) is 3. The van der Waals surface area contributed by atoms with Gasteiger partial charge in [-0.15, -0.1) is 0 Å². The van der Waals surface area contributed by atoms with E-state index >= 15 is 0 Å². The number of rotatable bonds is 2. The first-order chi connectivity index (χ1) is 9.89. The maximum absolute atomic E-state index is 12.0. The smallest absolute Gasteiger partial charge is 0.410 e. The number of aliphatic hydroxyl groups is 1. The van der Waals surface area contributed by atoms with Crippen LogP contribution in [0.2, 0.25) is 0 Å². The van der Waals surface area contributed by atoms with Crippen LogP contribution >= 0.6 is 0 Å². The Morgan fingerprint density at radius 3 is 2.52 bits per heavy atom. The lowest BCUT2D eigenvalue weighted by atomic mass is 10.0. The van der Waals surface area contributed by atoms with Gasteiger partial charge in [0.2, 0.25) is 0 Å². The average molecular weight is 291 g/mol. The number of carbonyl (C=O) groups is 1. The first-order valence-electron chi connectivity index (χ1n) is 6.98. The normalized spacial score (nSPS) is 15.6. The Balaban J connectivity index is 1.99. The van der Waals surface area contributed by atoms with Gasteiger partial charge in [-0.1, -0.05) is 6.08 Å². The third kappa shape index (κ3) is 4.26. The van der Waals surface area contributed by atoms with Gasteiger partial charge in [0.1, 0.15) is 12.2 Å². The molecule has 0 unspecified atom stereocenters. The molecule has 6 heteroatoms. The first kappa shape index (κ1) is 15.4. The number of aromatic nitrogens is 2. The summed E-state index contributed by atoms with van der Waals surface area (Å²) in [7, 11) is 0. The number of amides is 1. The van der Waals surface area contributed by atoms with Gasteiger partial charge in [0.05, 0.1) is 0 Å². The Bertz CT molecular complexity index is 532. The molecule has 0 aliphatic carbocycles. The fraction of sp³-hybridized carbons (Fsp3) is 0.533. The molecule has 0 radical (unpaired) electrons. The lowest BCUT2D eigenvalue weighted by Gasteiger charge is -2.29. The van der Waals surface area contributed by atoms with E-state index in [1.165, 1.54) is 0 Å². The van der Waals surface area contributed by atoms with Crippen LogP contribution in [0.4, 0.5) is 4.79 Å². The average Bonchev–Trinajstić information content (AvgIpc) is 2.46. The fourth-order valence-corrected chi connectivity index (χ4v) is 2.03. The highest BCUT2D eigenvalue weighted by Crippen LogP contribution is 2.22. The van der Waals surface area contributed by atoms with Gasteiger partial charge in [-0.25, -0.2) is 14.8 Å². The molecule has 0 spiro atoms. The molecule has 0 saturated heterocycles. The molecule has 0 saturated carbocycles. The molecule has 6 nitrogen and oxygen atoms in total. The summed E-state index contributed by atoms with van der Waals surface area (Å²) < 4.78 is 5.35. The summed E-state index contributed by atoms with van der Waals surface area (Å²) >= 11 is 0. The van der Waals surface area contributed by atoms with Crippen molar-refractivity contribution in [3.63, 3.8) is 0 Å². The van der Waals surface area contributed by atoms with Gasteiger partial charge in [-0.3, -0.25) is 0 Å². The van der Waals surface area contributed by atoms with Crippen LogP contribution in [-0.2, 0) is 11.3 Å². The minimum absolute atomic E-state index is 0.161. The molecule has 114 valence electrons. The van der Waals surface area contributed by atoms with Crippen molar-refractivity contribution in [1.82, 2.24) is 14.9 Å². The molecule has 2 heterocycles. The molecule has 0 aromatic carbocycles. The maximum Gasteiger partial charge on any atom is 0.410 e. The first-order valence-corrected chi connectivity index (χ1v) is 6.98. The molecule has 1 amide bonds. The van der Waals surface area contributed by atoms with E-state index in [1.807, 2.05) is 26.8 Å². The van der Waals surface area contributed by atoms with E-state index in [0.717, 1.165) is 17.6 Å². The summed E-state index contributed by atoms with van der Waals surface area (Å²) in [6.45, 7) is 6.54. The van der Waals surface area contributed by atoms with E-state index in [0.29, 0.717) is 18.9 Å². The summed E-state index contributed by atoms with van der Waals surface area (Å²) in [4.78, 5) is 21.8. The highest BCUT2D eigenvalue weighted by atomic mass is 16.6. The molecule has 1 aliphatic heterocycles. The van der Waals surface area contributed by atoms with Crippen LogP contribution in [0.25, 0.3) is 5.57 Å². The maximum atomic E-state index is 12.0. The molecular formula is C15H21N3O3. The van der Waals surface area contributed by atoms with Crippen molar-refractivity contribution in [2.24, 2.45) is 0 Å². The van der Waals surface area contributed by atoms with Gasteiger partial charge in [0.15, 0.2) is 5.82 Å². The van der Waals surface area contributed by atoms with E-state index in [1.54, 1.807) is 17.3 Å². The van der Waals surface area contributed by atoms with Crippen molar-refractivity contribution in [1.29, 1.82) is 0 Å². The van der Waals surface area contributed by atoms with Crippen LogP contribution in [-0.4, -0.2) is 44.8 Å². The molecule has 0 bridgehead atoms. The van der Waals surface area contributed by atoms with Gasteiger partial charge >= 0.3 is 6.09 Å². The zero-order valence-corrected chi connectivity index (χ0v) is 12.7. The standard InChI is InChI=1S/C15H21N3O3/c1-15(2,3)21-14(20)18-6-4-11(5-7-18)12-8-16-13(10-19)17-9-12/h4,8-9,19H,5-7,10H2,1-3H3. The fourth-order valence-electron chi connectivity index (χ4n) is 2.03. The second-order valence-electron chi connectivity index (χ2n) is 5.95. The van der Waals surface area contributed by atoms with Crippen molar-refractivity contribution < 1.29 is 14.6 Å². The third-order valence-corrected chi connectivity index (χ3v) is 3.08. The predicted molar refractivity (Wildman–Crippen MR) is 78.4 cm³/mol. The Labute approximate surface area is 124 Å². The summed E-state index contributed by atoms with van der Waals surface area (Å²) in [5, 5.41) is 8.93. The van der Waals surface area contributed by atoms with Crippen molar-refractivity contribution in [3.05, 3.63) is 29.9 Å². The van der Waals surface area contributed by atoms with E-state index in [2.05, 4.69) is 9.97 Å². The summed E-state index contributed by atoms with van der Waals surface area (Å²) in [5.74, 6) is 0.408. The Kier molecular flexibility index (Phi) is 4.57. The minimum atomic E-state index is -0.477. The number of carbonyl (C=O) groups excluding carboxylic acids is 1. The van der Waals surface area contributed by atoms with Gasteiger partial charge in [-0.2, -0.15) is 0 Å². The van der Waals surface area contributed by atoms with E-state index in [-0.39, 0.29) is 12.7 Å². The highest BCUT2D eigenvalue weighted by molar-refractivity contribution is 5.72. The van der Waals surface area contributed by atoms with Crippen LogP contribution in [0.15, 0.2) is 18.5 Å². The van der Waals surface area contributed by atoms with E-state index in [4.69, 9.17) is 9.84 Å². The van der Waals surface area contributed by atoms with Gasteiger partial charge in [0.25, 0.3) is 0 Å². The third-order valence-electron chi connectivity index (χ3n) is 3.08. The predicted octanol–water partition coefficient (Wildman–Crippen LogP) is 1.99. The van der Waals surface area contributed by atoms with Gasteiger partial charge in [0, 0.05) is 31.0 Å². The van der Waals surface area contributed by atoms with Gasteiger partial charge in [-0.05, 0) is 32.8 Å². The minimum Gasteiger partial charge on any atom is -0.444 e. The topological polar surface area (TPSA) is 75.5 Å². The zero-order valence-electron chi connectivity index (χ0n) is 12.7. The lowest BCUT2D eigenvalue weighted by Crippen LogP contribution is -2.39. The highest BCUT2D eigenvalue weighted by Gasteiger charge is 2.23. The van der Waals surface area contributed by atoms with Gasteiger partial charge < -0.3 is 14.7 Å². The van der Waals surface area contributed by atoms with E-state index < -0.39 is 5.60 Å². The molecule has 1 aliphatic rings. The molecule has 1 aromatic rings. The summed E-state index contributed by atoms with van der Waals surface area (Å²) in [6, 6.07) is 0. The largest absolute Gasteiger partial charge is 0.444 e. The quantitative estimate of drug-likeness (QED) is 0.902. The van der Waals surface area contributed by atoms with Crippen LogP contribution in [0.1, 0.15) is 38.6 Å². The second-order valence-corrected chi connectivity index (χ2v) is 5.95. The number of hydrogen-bond donors (Lipinski definition) is 1. The second kappa shape index (κ2) is 6.22. The number of ether oxygens (including phenoxy) is 1. The number of aliphatic hydroxyl groups excluding tert-OH is 1. The molecule has 0 fully saturated rings. The number of hydrogen-bond acceptors (Lipinski definition) is 5. The monoisotopic (exact) mass is 291 g/mol. The van der Waals surface area contributed by atoms with Crippen molar-refractivity contribution >= 4 is 11.7 Å². The van der Waals surface area contributed by atoms with E-state index in [9.17, 15) is 4.79 Å². The Morgan fingerprint density at radius 2 is 2.05 bits per heavy atom. The SMILES string of the molecule is CC(C)(C)OC(=O)N1CC=C(c2cnc(CO)nc2)CC1. The summed E-state index contributed by atoms with van der Waals surface area (Å²) in [6.07, 6.45) is 5.84. The molecule has 1 aromatic heterocycles. The summed E-state index contributed by atoms with van der Waals surface area (Å²) in [5.41, 5.74) is 1.56.